The molecule has 0 fully saturated rings. The fourth-order valence-electron chi connectivity index (χ4n) is 1.90. The van der Waals surface area contributed by atoms with Crippen LogP contribution in [0.4, 0.5) is 13.2 Å². The van der Waals surface area contributed by atoms with E-state index in [1.165, 1.54) is 13.2 Å². The van der Waals surface area contributed by atoms with Gasteiger partial charge in [-0.3, -0.25) is 4.79 Å². The molecule has 1 aromatic rings. The third kappa shape index (κ3) is 3.03. The number of carbonyl (C=O) groups excluding carboxylic acids is 1. The van der Waals surface area contributed by atoms with Gasteiger partial charge in [-0.1, -0.05) is 13.0 Å². The first-order valence-electron chi connectivity index (χ1n) is 5.56. The summed E-state index contributed by atoms with van der Waals surface area (Å²) in [6.45, 7) is 3.36. The van der Waals surface area contributed by atoms with Crippen LogP contribution in [0.15, 0.2) is 18.2 Å². The Labute approximate surface area is 104 Å². The van der Waals surface area contributed by atoms with Gasteiger partial charge in [0, 0.05) is 0 Å². The van der Waals surface area contributed by atoms with Crippen molar-refractivity contribution in [2.45, 2.75) is 32.4 Å². The normalized spacial score (nSPS) is 13.2. The zero-order valence-corrected chi connectivity index (χ0v) is 10.5. The van der Waals surface area contributed by atoms with Gasteiger partial charge < -0.3 is 4.74 Å². The topological polar surface area (TPSA) is 26.3 Å². The van der Waals surface area contributed by atoms with Crippen molar-refractivity contribution < 1.29 is 22.7 Å². The Balaban J connectivity index is 3.16. The summed E-state index contributed by atoms with van der Waals surface area (Å²) in [5, 5.41) is 0. The number of rotatable bonds is 3. The average Bonchev–Trinajstić information content (AvgIpc) is 2.30. The number of ether oxygens (including phenoxy) is 1. The van der Waals surface area contributed by atoms with Crippen molar-refractivity contribution in [3.05, 3.63) is 34.9 Å². The molecule has 0 radical (unpaired) electrons. The predicted molar refractivity (Wildman–Crippen MR) is 61.2 cm³/mol. The molecule has 0 N–H and O–H groups in total. The number of esters is 1. The molecule has 0 bridgehead atoms. The molecule has 1 unspecified atom stereocenters. The highest BCUT2D eigenvalue weighted by molar-refractivity contribution is 5.78. The first kappa shape index (κ1) is 14.5. The molecule has 1 rings (SSSR count). The molecule has 0 amide bonds. The van der Waals surface area contributed by atoms with Crippen LogP contribution in [-0.4, -0.2) is 13.1 Å². The number of carbonyl (C=O) groups is 1. The maximum Gasteiger partial charge on any atom is 0.416 e. The molecule has 1 atom stereocenters. The van der Waals surface area contributed by atoms with E-state index < -0.39 is 23.6 Å². The van der Waals surface area contributed by atoms with E-state index in [0.717, 1.165) is 12.1 Å². The summed E-state index contributed by atoms with van der Waals surface area (Å²) in [6.07, 6.45) is -3.88. The molecule has 0 saturated carbocycles. The van der Waals surface area contributed by atoms with Crippen LogP contribution in [0, 0.1) is 6.92 Å². The van der Waals surface area contributed by atoms with Gasteiger partial charge in [0.25, 0.3) is 0 Å². The first-order valence-corrected chi connectivity index (χ1v) is 5.56. The maximum absolute atomic E-state index is 12.5. The van der Waals surface area contributed by atoms with Gasteiger partial charge in [0.2, 0.25) is 0 Å². The Morgan fingerprint density at radius 2 is 2.00 bits per heavy atom. The molecule has 18 heavy (non-hydrogen) atoms. The fraction of sp³-hybridized carbons (Fsp3) is 0.462. The van der Waals surface area contributed by atoms with Crippen LogP contribution in [0.25, 0.3) is 0 Å². The van der Waals surface area contributed by atoms with Gasteiger partial charge in [-0.25, -0.2) is 0 Å². The standard InChI is InChI=1S/C13H15F3O2/c1-4-10(12(17)18-3)11-6-5-9(7-8(11)2)13(14,15)16/h5-7,10H,4H2,1-3H3. The number of halogens is 3. The molecule has 0 aromatic heterocycles. The highest BCUT2D eigenvalue weighted by Crippen LogP contribution is 2.33. The lowest BCUT2D eigenvalue weighted by atomic mass is 9.91. The minimum atomic E-state index is -4.36. The average molecular weight is 260 g/mol. The van der Waals surface area contributed by atoms with Crippen LogP contribution in [-0.2, 0) is 15.7 Å². The fourth-order valence-corrected chi connectivity index (χ4v) is 1.90. The van der Waals surface area contributed by atoms with E-state index in [1.807, 2.05) is 0 Å². The van der Waals surface area contributed by atoms with Gasteiger partial charge in [-0.2, -0.15) is 13.2 Å². The number of hydrogen-bond donors (Lipinski definition) is 0. The molecule has 0 aliphatic carbocycles. The summed E-state index contributed by atoms with van der Waals surface area (Å²) in [5.41, 5.74) is 0.322. The highest BCUT2D eigenvalue weighted by atomic mass is 19.4. The van der Waals surface area contributed by atoms with E-state index in [2.05, 4.69) is 4.74 Å². The minimum Gasteiger partial charge on any atom is -0.469 e. The molecule has 2 nitrogen and oxygen atoms in total. The first-order chi connectivity index (χ1) is 8.31. The number of benzene rings is 1. The van der Waals surface area contributed by atoms with Crippen LogP contribution in [0.1, 0.15) is 36.0 Å². The molecule has 0 spiro atoms. The SMILES string of the molecule is CCC(C(=O)OC)c1ccc(C(F)(F)F)cc1C. The summed E-state index contributed by atoms with van der Waals surface area (Å²) < 4.78 is 42.2. The van der Waals surface area contributed by atoms with E-state index >= 15 is 0 Å². The van der Waals surface area contributed by atoms with E-state index in [1.54, 1.807) is 13.8 Å². The smallest absolute Gasteiger partial charge is 0.416 e. The number of alkyl halides is 3. The van der Waals surface area contributed by atoms with Crippen LogP contribution >= 0.6 is 0 Å². The van der Waals surface area contributed by atoms with Crippen molar-refractivity contribution in [1.29, 1.82) is 0 Å². The molecule has 100 valence electrons. The molecule has 0 aliphatic rings. The molecule has 1 aromatic carbocycles. The molecular weight excluding hydrogens is 245 g/mol. The van der Waals surface area contributed by atoms with Crippen molar-refractivity contribution in [2.24, 2.45) is 0 Å². The molecule has 0 heterocycles. The van der Waals surface area contributed by atoms with Crippen molar-refractivity contribution in [2.75, 3.05) is 7.11 Å². The van der Waals surface area contributed by atoms with Crippen LogP contribution < -0.4 is 0 Å². The summed E-state index contributed by atoms with van der Waals surface area (Å²) in [6, 6.07) is 3.40. The monoisotopic (exact) mass is 260 g/mol. The number of methoxy groups -OCH3 is 1. The lowest BCUT2D eigenvalue weighted by molar-refractivity contribution is -0.142. The maximum atomic E-state index is 12.5. The number of hydrogen-bond acceptors (Lipinski definition) is 2. The van der Waals surface area contributed by atoms with Crippen LogP contribution in [0.5, 0.6) is 0 Å². The summed E-state index contributed by atoms with van der Waals surface area (Å²) in [7, 11) is 1.27. The zero-order chi connectivity index (χ0) is 13.9. The van der Waals surface area contributed by atoms with Crippen molar-refractivity contribution in [1.82, 2.24) is 0 Å². The van der Waals surface area contributed by atoms with Crippen molar-refractivity contribution >= 4 is 5.97 Å². The van der Waals surface area contributed by atoms with Gasteiger partial charge in [-0.15, -0.1) is 0 Å². The Hall–Kier alpha value is -1.52. The molecule has 0 saturated heterocycles. The second kappa shape index (κ2) is 5.42. The Morgan fingerprint density at radius 3 is 2.39 bits per heavy atom. The highest BCUT2D eigenvalue weighted by Gasteiger charge is 2.31. The van der Waals surface area contributed by atoms with E-state index in [4.69, 9.17) is 0 Å². The lowest BCUT2D eigenvalue weighted by Crippen LogP contribution is -2.15. The van der Waals surface area contributed by atoms with Crippen LogP contribution in [0.3, 0.4) is 0 Å². The molecule has 0 aliphatic heterocycles. The molecule has 5 heteroatoms. The van der Waals surface area contributed by atoms with E-state index in [0.29, 0.717) is 17.5 Å². The summed E-state index contributed by atoms with van der Waals surface area (Å²) >= 11 is 0. The predicted octanol–water partition coefficient (Wildman–Crippen LogP) is 3.68. The second-order valence-electron chi connectivity index (χ2n) is 4.05. The van der Waals surface area contributed by atoms with Gasteiger partial charge in [0.15, 0.2) is 0 Å². The van der Waals surface area contributed by atoms with Crippen molar-refractivity contribution in [3.63, 3.8) is 0 Å². The third-order valence-corrected chi connectivity index (χ3v) is 2.87. The minimum absolute atomic E-state index is 0.430. The van der Waals surface area contributed by atoms with Gasteiger partial charge in [0.05, 0.1) is 18.6 Å². The number of aryl methyl sites for hydroxylation is 1. The summed E-state index contributed by atoms with van der Waals surface area (Å²) in [5.74, 6) is -0.947. The Bertz CT molecular complexity index is 438. The van der Waals surface area contributed by atoms with Gasteiger partial charge >= 0.3 is 12.1 Å². The second-order valence-corrected chi connectivity index (χ2v) is 4.05. The largest absolute Gasteiger partial charge is 0.469 e. The third-order valence-electron chi connectivity index (χ3n) is 2.87. The van der Waals surface area contributed by atoms with E-state index in [-0.39, 0.29) is 0 Å². The Kier molecular flexibility index (Phi) is 4.38. The Morgan fingerprint density at radius 1 is 1.39 bits per heavy atom. The lowest BCUT2D eigenvalue weighted by Gasteiger charge is -2.17. The van der Waals surface area contributed by atoms with Gasteiger partial charge in [-0.05, 0) is 36.6 Å². The van der Waals surface area contributed by atoms with E-state index in [9.17, 15) is 18.0 Å². The zero-order valence-electron chi connectivity index (χ0n) is 10.5. The van der Waals surface area contributed by atoms with Gasteiger partial charge in [0.1, 0.15) is 0 Å². The quantitative estimate of drug-likeness (QED) is 0.775. The van der Waals surface area contributed by atoms with Crippen molar-refractivity contribution in [3.8, 4) is 0 Å². The summed E-state index contributed by atoms with van der Waals surface area (Å²) in [4.78, 5) is 11.5. The van der Waals surface area contributed by atoms with Crippen LogP contribution in [0.2, 0.25) is 0 Å². The molecular formula is C13H15F3O2.